The minimum Gasteiger partial charge on any atom is -0.377 e. The second-order valence-electron chi connectivity index (χ2n) is 6.79. The Morgan fingerprint density at radius 1 is 1.38 bits per heavy atom. The topological polar surface area (TPSA) is 112 Å². The molecule has 3 heterocycles. The quantitative estimate of drug-likeness (QED) is 0.631. The maximum atomic E-state index is 12.6. The summed E-state index contributed by atoms with van der Waals surface area (Å²) in [6.45, 7) is 5.00. The molecule has 1 aliphatic heterocycles. The van der Waals surface area contributed by atoms with E-state index in [1.165, 1.54) is 11.3 Å². The van der Waals surface area contributed by atoms with Gasteiger partial charge in [-0.1, -0.05) is 29.9 Å². The van der Waals surface area contributed by atoms with Crippen molar-refractivity contribution in [3.8, 4) is 0 Å². The molecule has 11 heteroatoms. The van der Waals surface area contributed by atoms with Gasteiger partial charge in [-0.3, -0.25) is 9.59 Å². The Hall–Kier alpha value is -2.17. The van der Waals surface area contributed by atoms with Crippen LogP contribution >= 0.6 is 22.9 Å². The molecule has 158 valence electrons. The first-order valence-electron chi connectivity index (χ1n) is 9.40. The molecule has 3 N–H and O–H groups in total. The smallest absolute Gasteiger partial charge is 0.287 e. The highest BCUT2D eigenvalue weighted by molar-refractivity contribution is 7.17. The Morgan fingerprint density at radius 3 is 2.76 bits per heavy atom. The van der Waals surface area contributed by atoms with Crippen molar-refractivity contribution in [2.75, 3.05) is 32.1 Å². The van der Waals surface area contributed by atoms with Gasteiger partial charge in [-0.05, 0) is 19.8 Å². The van der Waals surface area contributed by atoms with Gasteiger partial charge < -0.3 is 25.3 Å². The number of piperidine rings is 1. The van der Waals surface area contributed by atoms with Gasteiger partial charge in [-0.2, -0.15) is 0 Å². The van der Waals surface area contributed by atoms with Crippen LogP contribution < -0.4 is 15.5 Å². The molecular weight excluding hydrogens is 416 g/mol. The molecule has 0 spiro atoms. The SMILES string of the molecule is CCc1[nH]c(C(=O)NC2CCN(c3nc(C)c(C(=O)NC)s3)CC2OC)nc1Cl. The molecule has 2 aromatic rings. The van der Waals surface area contributed by atoms with Crippen LogP contribution in [0.15, 0.2) is 0 Å². The summed E-state index contributed by atoms with van der Waals surface area (Å²) >= 11 is 7.39. The molecule has 2 aromatic heterocycles. The fourth-order valence-corrected chi connectivity index (χ4v) is 4.62. The molecule has 9 nitrogen and oxygen atoms in total. The molecule has 2 atom stereocenters. The molecule has 0 aliphatic carbocycles. The molecule has 0 bridgehead atoms. The largest absolute Gasteiger partial charge is 0.377 e. The number of imidazole rings is 1. The number of anilines is 1. The molecule has 1 aliphatic rings. The predicted molar refractivity (Wildman–Crippen MR) is 112 cm³/mol. The van der Waals surface area contributed by atoms with E-state index in [4.69, 9.17) is 16.3 Å². The summed E-state index contributed by atoms with van der Waals surface area (Å²) in [4.78, 5) is 38.8. The maximum absolute atomic E-state index is 12.6. The van der Waals surface area contributed by atoms with Crippen molar-refractivity contribution in [2.24, 2.45) is 0 Å². The van der Waals surface area contributed by atoms with Crippen LogP contribution in [0.3, 0.4) is 0 Å². The van der Waals surface area contributed by atoms with Crippen molar-refractivity contribution < 1.29 is 14.3 Å². The van der Waals surface area contributed by atoms with Crippen LogP contribution in [0.1, 0.15) is 45.0 Å². The summed E-state index contributed by atoms with van der Waals surface area (Å²) in [6, 6.07) is -0.169. The van der Waals surface area contributed by atoms with Crippen LogP contribution in [0, 0.1) is 6.92 Å². The highest BCUT2D eigenvalue weighted by Crippen LogP contribution is 2.29. The molecule has 1 saturated heterocycles. The second-order valence-corrected chi connectivity index (χ2v) is 8.12. The molecule has 0 saturated carbocycles. The number of aryl methyl sites for hydroxylation is 2. The zero-order chi connectivity index (χ0) is 21.1. The Kier molecular flexibility index (Phi) is 6.76. The number of amides is 2. The number of carbonyl (C=O) groups excluding carboxylic acids is 2. The van der Waals surface area contributed by atoms with Crippen molar-refractivity contribution in [2.45, 2.75) is 38.8 Å². The fraction of sp³-hybridized carbons (Fsp3) is 0.556. The third-order valence-corrected chi connectivity index (χ3v) is 6.49. The molecule has 2 unspecified atom stereocenters. The van der Waals surface area contributed by atoms with Gasteiger partial charge in [-0.25, -0.2) is 9.97 Å². The van der Waals surface area contributed by atoms with E-state index in [9.17, 15) is 9.59 Å². The minimum absolute atomic E-state index is 0.139. The number of nitrogens with one attached hydrogen (secondary N) is 3. The fourth-order valence-electron chi connectivity index (χ4n) is 3.30. The third kappa shape index (κ3) is 4.54. The number of H-pyrrole nitrogens is 1. The van der Waals surface area contributed by atoms with Gasteiger partial charge in [0.25, 0.3) is 11.8 Å². The average molecular weight is 441 g/mol. The van der Waals surface area contributed by atoms with Gasteiger partial charge in [0.15, 0.2) is 16.1 Å². The molecule has 0 aromatic carbocycles. The zero-order valence-corrected chi connectivity index (χ0v) is 18.4. The maximum Gasteiger partial charge on any atom is 0.287 e. The van der Waals surface area contributed by atoms with E-state index < -0.39 is 0 Å². The number of aromatic nitrogens is 3. The van der Waals surface area contributed by atoms with E-state index >= 15 is 0 Å². The molecule has 2 amide bonds. The van der Waals surface area contributed by atoms with Gasteiger partial charge in [0.2, 0.25) is 0 Å². The van der Waals surface area contributed by atoms with Crippen molar-refractivity contribution in [1.82, 2.24) is 25.6 Å². The Bertz CT molecular complexity index is 898. The van der Waals surface area contributed by atoms with Crippen LogP contribution in [-0.4, -0.2) is 66.2 Å². The van der Waals surface area contributed by atoms with Crippen molar-refractivity contribution in [1.29, 1.82) is 0 Å². The van der Waals surface area contributed by atoms with Crippen LogP contribution in [0.2, 0.25) is 5.15 Å². The van der Waals surface area contributed by atoms with Gasteiger partial charge >= 0.3 is 0 Å². The number of nitrogens with zero attached hydrogens (tertiary/aromatic N) is 3. The van der Waals surface area contributed by atoms with E-state index in [1.807, 2.05) is 13.8 Å². The summed E-state index contributed by atoms with van der Waals surface area (Å²) in [5.41, 5.74) is 1.44. The predicted octanol–water partition coefficient (Wildman–Crippen LogP) is 1.77. The lowest BCUT2D eigenvalue weighted by Crippen LogP contribution is -2.55. The summed E-state index contributed by atoms with van der Waals surface area (Å²) in [7, 11) is 3.22. The number of aromatic amines is 1. The van der Waals surface area contributed by atoms with Crippen LogP contribution in [0.5, 0.6) is 0 Å². The Morgan fingerprint density at radius 2 is 2.14 bits per heavy atom. The lowest BCUT2D eigenvalue weighted by atomic mass is 10.0. The van der Waals surface area contributed by atoms with Crippen LogP contribution in [-0.2, 0) is 11.2 Å². The van der Waals surface area contributed by atoms with Crippen molar-refractivity contribution in [3.05, 3.63) is 27.2 Å². The van der Waals surface area contributed by atoms with E-state index in [0.29, 0.717) is 41.7 Å². The minimum atomic E-state index is -0.306. The highest BCUT2D eigenvalue weighted by atomic mass is 35.5. The number of methoxy groups -OCH3 is 1. The van der Waals surface area contributed by atoms with Gasteiger partial charge in [-0.15, -0.1) is 0 Å². The van der Waals surface area contributed by atoms with E-state index in [-0.39, 0.29) is 29.8 Å². The van der Waals surface area contributed by atoms with E-state index in [0.717, 1.165) is 10.8 Å². The number of ether oxygens (including phenoxy) is 1. The normalized spacial score (nSPS) is 19.3. The lowest BCUT2D eigenvalue weighted by Gasteiger charge is -2.37. The first kappa shape index (κ1) is 21.5. The lowest BCUT2D eigenvalue weighted by molar-refractivity contribution is 0.0538. The van der Waals surface area contributed by atoms with Gasteiger partial charge in [0, 0.05) is 27.2 Å². The van der Waals surface area contributed by atoms with E-state index in [2.05, 4.69) is 30.5 Å². The number of halogens is 1. The monoisotopic (exact) mass is 440 g/mol. The zero-order valence-electron chi connectivity index (χ0n) is 16.8. The number of rotatable bonds is 6. The third-order valence-electron chi connectivity index (χ3n) is 4.96. The summed E-state index contributed by atoms with van der Waals surface area (Å²) in [5, 5.41) is 6.72. The van der Waals surface area contributed by atoms with Gasteiger partial charge in [0.1, 0.15) is 4.88 Å². The van der Waals surface area contributed by atoms with Crippen LogP contribution in [0.25, 0.3) is 0 Å². The number of hydrogen-bond donors (Lipinski definition) is 3. The van der Waals surface area contributed by atoms with Gasteiger partial charge in [0.05, 0.1) is 23.5 Å². The second kappa shape index (κ2) is 9.10. The number of carbonyl (C=O) groups is 2. The van der Waals surface area contributed by atoms with Crippen molar-refractivity contribution >= 4 is 39.9 Å². The Balaban J connectivity index is 1.68. The molecule has 1 fully saturated rings. The van der Waals surface area contributed by atoms with Crippen LogP contribution in [0.4, 0.5) is 5.13 Å². The summed E-state index contributed by atoms with van der Waals surface area (Å²) in [6.07, 6.45) is 1.12. The van der Waals surface area contributed by atoms with E-state index in [1.54, 1.807) is 14.2 Å². The number of thiazole rings is 1. The molecule has 3 rings (SSSR count). The standard InChI is InChI=1S/C18H25ClN6O3S/c1-5-10-14(19)24-15(22-10)17(27)23-11-6-7-25(8-12(11)28-4)18-21-9(2)13(29-18)16(26)20-3/h11-12H,5-8H2,1-4H3,(H,20,26)(H,22,24)(H,23,27). The number of hydrogen-bond acceptors (Lipinski definition) is 7. The summed E-state index contributed by atoms with van der Waals surface area (Å²) < 4.78 is 5.63. The molecular formula is C18H25ClN6O3S. The highest BCUT2D eigenvalue weighted by Gasteiger charge is 2.33. The van der Waals surface area contributed by atoms with Crippen molar-refractivity contribution in [3.63, 3.8) is 0 Å². The Labute approximate surface area is 178 Å². The first-order valence-corrected chi connectivity index (χ1v) is 10.6. The molecule has 0 radical (unpaired) electrons. The first-order chi connectivity index (χ1) is 13.9. The summed E-state index contributed by atoms with van der Waals surface area (Å²) in [5.74, 6) is -0.241. The molecule has 29 heavy (non-hydrogen) atoms. The average Bonchev–Trinajstić information content (AvgIpc) is 3.30.